The Bertz CT molecular complexity index is 636. The minimum absolute atomic E-state index is 0.329. The first-order chi connectivity index (χ1) is 11.2. The molecule has 0 aliphatic carbocycles. The van der Waals surface area contributed by atoms with E-state index in [1.165, 1.54) is 0 Å². The number of hydrogen-bond acceptors (Lipinski definition) is 5. The number of benzene rings is 1. The summed E-state index contributed by atoms with van der Waals surface area (Å²) in [7, 11) is 0. The van der Waals surface area contributed by atoms with Gasteiger partial charge >= 0.3 is 0 Å². The van der Waals surface area contributed by atoms with E-state index in [-0.39, 0.29) is 0 Å². The highest BCUT2D eigenvalue weighted by Gasteiger charge is 2.28. The van der Waals surface area contributed by atoms with E-state index >= 15 is 0 Å². The Morgan fingerprint density at radius 3 is 3.00 bits per heavy atom. The van der Waals surface area contributed by atoms with Crippen LogP contribution in [-0.4, -0.2) is 43.6 Å². The maximum absolute atomic E-state index is 10.5. The van der Waals surface area contributed by atoms with Crippen LogP contribution in [0.25, 0.3) is 11.3 Å². The van der Waals surface area contributed by atoms with E-state index in [0.29, 0.717) is 37.9 Å². The van der Waals surface area contributed by atoms with Crippen molar-refractivity contribution in [2.75, 3.05) is 32.8 Å². The van der Waals surface area contributed by atoms with Crippen LogP contribution in [0.3, 0.4) is 0 Å². The van der Waals surface area contributed by atoms with E-state index in [1.54, 1.807) is 0 Å². The van der Waals surface area contributed by atoms with Gasteiger partial charge in [0, 0.05) is 25.2 Å². The molecule has 0 unspecified atom stereocenters. The average molecular weight is 337 g/mol. The van der Waals surface area contributed by atoms with Crippen LogP contribution in [0.5, 0.6) is 0 Å². The molecule has 0 radical (unpaired) electrons. The molecular weight excluding hydrogens is 316 g/mol. The summed E-state index contributed by atoms with van der Waals surface area (Å²) in [5.41, 5.74) is -0.0188. The summed E-state index contributed by atoms with van der Waals surface area (Å²) in [6.07, 6.45) is 0. The molecule has 0 bridgehead atoms. The normalized spacial score (nSPS) is 22.0. The molecule has 1 saturated heterocycles. The first-order valence-corrected chi connectivity index (χ1v) is 8.09. The smallest absolute Gasteiger partial charge is 0.135 e. The third-order valence-electron chi connectivity index (χ3n) is 3.80. The van der Waals surface area contributed by atoms with Crippen molar-refractivity contribution in [1.82, 2.24) is 10.6 Å². The molecule has 5 nitrogen and oxygen atoms in total. The number of hydrogen-bond donors (Lipinski definition) is 3. The molecule has 0 spiro atoms. The SMILES string of the molecule is O[C@]1(CNCc2ccc(-c3ccccc3Cl)o2)CNCCOC1. The molecule has 1 aliphatic heterocycles. The zero-order valence-electron chi connectivity index (χ0n) is 12.8. The van der Waals surface area contributed by atoms with Gasteiger partial charge in [-0.1, -0.05) is 23.7 Å². The van der Waals surface area contributed by atoms with E-state index < -0.39 is 5.60 Å². The average Bonchev–Trinajstić information content (AvgIpc) is 2.89. The summed E-state index contributed by atoms with van der Waals surface area (Å²) < 4.78 is 11.2. The lowest BCUT2D eigenvalue weighted by atomic mass is 10.1. The monoisotopic (exact) mass is 336 g/mol. The van der Waals surface area contributed by atoms with Gasteiger partial charge in [0.25, 0.3) is 0 Å². The first-order valence-electron chi connectivity index (χ1n) is 7.71. The van der Waals surface area contributed by atoms with Gasteiger partial charge in [-0.3, -0.25) is 0 Å². The number of nitrogens with one attached hydrogen (secondary N) is 2. The molecular formula is C17H21ClN2O3. The molecule has 124 valence electrons. The molecule has 1 atom stereocenters. The Morgan fingerprint density at radius 2 is 2.13 bits per heavy atom. The van der Waals surface area contributed by atoms with Crippen LogP contribution < -0.4 is 10.6 Å². The van der Waals surface area contributed by atoms with Gasteiger partial charge < -0.3 is 24.9 Å². The van der Waals surface area contributed by atoms with E-state index in [1.807, 2.05) is 36.4 Å². The van der Waals surface area contributed by atoms with Crippen LogP contribution in [0.15, 0.2) is 40.8 Å². The van der Waals surface area contributed by atoms with E-state index in [9.17, 15) is 5.11 Å². The second-order valence-corrected chi connectivity index (χ2v) is 6.21. The summed E-state index contributed by atoms with van der Waals surface area (Å²) in [6, 6.07) is 11.4. The van der Waals surface area contributed by atoms with E-state index in [0.717, 1.165) is 23.6 Å². The van der Waals surface area contributed by atoms with Crippen molar-refractivity contribution >= 4 is 11.6 Å². The molecule has 1 aromatic heterocycles. The van der Waals surface area contributed by atoms with Gasteiger partial charge in [-0.25, -0.2) is 0 Å². The summed E-state index contributed by atoms with van der Waals surface area (Å²) in [5.74, 6) is 1.54. The van der Waals surface area contributed by atoms with Crippen molar-refractivity contribution in [3.63, 3.8) is 0 Å². The Kier molecular flexibility index (Phi) is 5.35. The second-order valence-electron chi connectivity index (χ2n) is 5.80. The van der Waals surface area contributed by atoms with Gasteiger partial charge in [-0.2, -0.15) is 0 Å². The summed E-state index contributed by atoms with van der Waals surface area (Å²) in [4.78, 5) is 0. The third-order valence-corrected chi connectivity index (χ3v) is 4.13. The zero-order valence-corrected chi connectivity index (χ0v) is 13.6. The Morgan fingerprint density at radius 1 is 1.26 bits per heavy atom. The maximum Gasteiger partial charge on any atom is 0.135 e. The molecule has 1 fully saturated rings. The van der Waals surface area contributed by atoms with Crippen molar-refractivity contribution in [3.8, 4) is 11.3 Å². The van der Waals surface area contributed by atoms with Crippen LogP contribution >= 0.6 is 11.6 Å². The molecule has 2 heterocycles. The fraction of sp³-hybridized carbons (Fsp3) is 0.412. The van der Waals surface area contributed by atoms with Gasteiger partial charge in [-0.15, -0.1) is 0 Å². The quantitative estimate of drug-likeness (QED) is 0.779. The zero-order chi connectivity index (χ0) is 16.1. The van der Waals surface area contributed by atoms with Gasteiger partial charge in [-0.05, 0) is 24.3 Å². The second kappa shape index (κ2) is 7.47. The molecule has 0 amide bonds. The van der Waals surface area contributed by atoms with Crippen molar-refractivity contribution in [1.29, 1.82) is 0 Å². The summed E-state index contributed by atoms with van der Waals surface area (Å²) in [6.45, 7) is 3.21. The van der Waals surface area contributed by atoms with Crippen LogP contribution in [0.4, 0.5) is 0 Å². The predicted octanol–water partition coefficient (Wildman–Crippen LogP) is 2.04. The number of rotatable bonds is 5. The van der Waals surface area contributed by atoms with Gasteiger partial charge in [0.2, 0.25) is 0 Å². The van der Waals surface area contributed by atoms with Crippen molar-refractivity contribution in [3.05, 3.63) is 47.2 Å². The van der Waals surface area contributed by atoms with Crippen LogP contribution in [0.2, 0.25) is 5.02 Å². The predicted molar refractivity (Wildman–Crippen MR) is 89.5 cm³/mol. The highest BCUT2D eigenvalue weighted by molar-refractivity contribution is 6.33. The fourth-order valence-electron chi connectivity index (χ4n) is 2.59. The summed E-state index contributed by atoms with van der Waals surface area (Å²) in [5, 5.41) is 17.5. The minimum Gasteiger partial charge on any atom is -0.460 e. The number of halogens is 1. The molecule has 3 N–H and O–H groups in total. The number of ether oxygens (including phenoxy) is 1. The first kappa shape index (κ1) is 16.5. The van der Waals surface area contributed by atoms with Crippen LogP contribution in [-0.2, 0) is 11.3 Å². The molecule has 3 rings (SSSR count). The number of furan rings is 1. The molecule has 23 heavy (non-hydrogen) atoms. The largest absolute Gasteiger partial charge is 0.460 e. The molecule has 6 heteroatoms. The number of β-amino-alcohol motifs (C(OH)–C–C–N with tert-alkyl or cyclic N) is 1. The van der Waals surface area contributed by atoms with Crippen LogP contribution in [0, 0.1) is 0 Å². The standard InChI is InChI=1S/C17H21ClN2O3/c18-15-4-2-1-3-14(15)16-6-5-13(23-16)9-20-11-17(21)10-19-7-8-22-12-17/h1-6,19-21H,7-12H2/t17-/m0/s1. The van der Waals surface area contributed by atoms with E-state index in [4.69, 9.17) is 20.8 Å². The van der Waals surface area contributed by atoms with Crippen molar-refractivity contribution in [2.24, 2.45) is 0 Å². The Labute approximate surface area is 140 Å². The topological polar surface area (TPSA) is 66.7 Å². The van der Waals surface area contributed by atoms with Crippen LogP contribution in [0.1, 0.15) is 5.76 Å². The summed E-state index contributed by atoms with van der Waals surface area (Å²) >= 11 is 6.18. The Balaban J connectivity index is 1.56. The molecule has 2 aromatic rings. The Hall–Kier alpha value is -1.37. The van der Waals surface area contributed by atoms with Gasteiger partial charge in [0.1, 0.15) is 17.1 Å². The molecule has 0 saturated carbocycles. The lowest BCUT2D eigenvalue weighted by Crippen LogP contribution is -2.49. The maximum atomic E-state index is 10.5. The third kappa shape index (κ3) is 4.34. The lowest BCUT2D eigenvalue weighted by Gasteiger charge is -2.25. The highest BCUT2D eigenvalue weighted by Crippen LogP contribution is 2.28. The molecule has 1 aliphatic rings. The number of aliphatic hydroxyl groups is 1. The minimum atomic E-state index is -0.894. The van der Waals surface area contributed by atoms with Crippen molar-refractivity contribution in [2.45, 2.75) is 12.1 Å². The lowest BCUT2D eigenvalue weighted by molar-refractivity contribution is -0.0266. The fourth-order valence-corrected chi connectivity index (χ4v) is 2.82. The van der Waals surface area contributed by atoms with E-state index in [2.05, 4.69) is 10.6 Å². The molecule has 1 aromatic carbocycles. The van der Waals surface area contributed by atoms with Gasteiger partial charge in [0.15, 0.2) is 0 Å². The van der Waals surface area contributed by atoms with Crippen molar-refractivity contribution < 1.29 is 14.3 Å². The van der Waals surface area contributed by atoms with Gasteiger partial charge in [0.05, 0.1) is 24.8 Å². The highest BCUT2D eigenvalue weighted by atomic mass is 35.5.